The van der Waals surface area contributed by atoms with Gasteiger partial charge >= 0.3 is 5.88 Å². The molecule has 1 aliphatic carbocycles. The molecule has 2 rings (SSSR count). The van der Waals surface area contributed by atoms with Crippen molar-refractivity contribution in [1.82, 2.24) is 5.32 Å². The van der Waals surface area contributed by atoms with Crippen LogP contribution in [0, 0.1) is 10.1 Å². The number of nitrogens with zero attached hydrogens (tertiary/aromatic N) is 1. The van der Waals surface area contributed by atoms with E-state index in [9.17, 15) is 20.0 Å². The summed E-state index contributed by atoms with van der Waals surface area (Å²) in [6, 6.07) is 2.07. The van der Waals surface area contributed by atoms with Gasteiger partial charge in [-0.05, 0) is 18.9 Å². The molecule has 1 fully saturated rings. The van der Waals surface area contributed by atoms with E-state index < -0.39 is 22.8 Å². The van der Waals surface area contributed by atoms with Crippen molar-refractivity contribution in [2.45, 2.75) is 37.8 Å². The number of hydrogen-bond donors (Lipinski definition) is 2. The summed E-state index contributed by atoms with van der Waals surface area (Å²) in [6.45, 7) is 0. The van der Waals surface area contributed by atoms with Crippen LogP contribution in [0.2, 0.25) is 0 Å². The van der Waals surface area contributed by atoms with Gasteiger partial charge in [-0.1, -0.05) is 12.8 Å². The van der Waals surface area contributed by atoms with Crippen LogP contribution in [-0.2, 0) is 0 Å². The minimum absolute atomic E-state index is 0.112. The summed E-state index contributed by atoms with van der Waals surface area (Å²) in [6.07, 6.45) is 2.69. The van der Waals surface area contributed by atoms with E-state index in [1.165, 1.54) is 6.07 Å². The molecule has 0 spiro atoms. The molecule has 7 heteroatoms. The summed E-state index contributed by atoms with van der Waals surface area (Å²) in [5.41, 5.74) is 0. The number of carbonyl (C=O) groups is 1. The maximum absolute atomic E-state index is 11.8. The summed E-state index contributed by atoms with van der Waals surface area (Å²) in [5, 5.41) is 22.8. The molecule has 0 bridgehead atoms. The summed E-state index contributed by atoms with van der Waals surface area (Å²) < 4.78 is 4.79. The van der Waals surface area contributed by atoms with E-state index in [4.69, 9.17) is 4.42 Å². The first-order valence-electron chi connectivity index (χ1n) is 5.81. The number of hydrogen-bond acceptors (Lipinski definition) is 5. The van der Waals surface area contributed by atoms with E-state index in [0.29, 0.717) is 12.8 Å². The largest absolute Gasteiger partial charge is 0.433 e. The topological polar surface area (TPSA) is 106 Å². The van der Waals surface area contributed by atoms with Crippen LogP contribution in [0.15, 0.2) is 16.5 Å². The van der Waals surface area contributed by atoms with Crippen LogP contribution < -0.4 is 5.32 Å². The van der Waals surface area contributed by atoms with Gasteiger partial charge in [0, 0.05) is 0 Å². The lowest BCUT2D eigenvalue weighted by Gasteiger charge is -2.27. The zero-order valence-corrected chi connectivity index (χ0v) is 9.67. The SMILES string of the molecule is O=C(N[C@@H]1CCCC[C@H]1O)c1ccc([N+](=O)[O-])o1. The Morgan fingerprint density at radius 1 is 1.44 bits per heavy atom. The van der Waals surface area contributed by atoms with Crippen LogP contribution in [0.25, 0.3) is 0 Å². The second-order valence-electron chi connectivity index (χ2n) is 4.33. The Hall–Kier alpha value is -1.89. The molecule has 1 aliphatic rings. The predicted octanol–water partition coefficient (Wildman–Crippen LogP) is 1.22. The zero-order chi connectivity index (χ0) is 13.1. The lowest BCUT2D eigenvalue weighted by molar-refractivity contribution is -0.402. The van der Waals surface area contributed by atoms with Crippen molar-refractivity contribution in [3.05, 3.63) is 28.0 Å². The van der Waals surface area contributed by atoms with Gasteiger partial charge in [0.1, 0.15) is 4.92 Å². The van der Waals surface area contributed by atoms with Crippen molar-refractivity contribution in [2.24, 2.45) is 0 Å². The Bertz CT molecular complexity index is 456. The number of rotatable bonds is 3. The van der Waals surface area contributed by atoms with Gasteiger partial charge in [0.2, 0.25) is 0 Å². The molecule has 0 saturated heterocycles. The molecule has 2 atom stereocenters. The average Bonchev–Trinajstić information content (AvgIpc) is 2.81. The lowest BCUT2D eigenvalue weighted by atomic mass is 9.92. The van der Waals surface area contributed by atoms with Crippen LogP contribution in [0.1, 0.15) is 36.2 Å². The number of carbonyl (C=O) groups excluding carboxylic acids is 1. The molecule has 0 radical (unpaired) electrons. The molecule has 1 aromatic rings. The molecular formula is C11H14N2O5. The molecule has 0 aliphatic heterocycles. The molecule has 98 valence electrons. The van der Waals surface area contributed by atoms with E-state index in [-0.39, 0.29) is 11.8 Å². The van der Waals surface area contributed by atoms with Gasteiger partial charge in [0.05, 0.1) is 18.2 Å². The second kappa shape index (κ2) is 5.18. The number of nitrogens with one attached hydrogen (secondary N) is 1. The number of aliphatic hydroxyl groups is 1. The Morgan fingerprint density at radius 3 is 2.78 bits per heavy atom. The van der Waals surface area contributed by atoms with E-state index in [1.807, 2.05) is 0 Å². The van der Waals surface area contributed by atoms with Gasteiger partial charge in [0.15, 0.2) is 5.76 Å². The maximum atomic E-state index is 11.8. The third kappa shape index (κ3) is 2.67. The van der Waals surface area contributed by atoms with Crippen LogP contribution in [0.3, 0.4) is 0 Å². The van der Waals surface area contributed by atoms with Crippen molar-refractivity contribution < 1.29 is 19.2 Å². The van der Waals surface area contributed by atoms with Gasteiger partial charge in [-0.3, -0.25) is 14.9 Å². The lowest BCUT2D eigenvalue weighted by Crippen LogP contribution is -2.44. The van der Waals surface area contributed by atoms with Gasteiger partial charge in [0.25, 0.3) is 5.91 Å². The van der Waals surface area contributed by atoms with Crippen molar-refractivity contribution in [3.63, 3.8) is 0 Å². The van der Waals surface area contributed by atoms with Crippen LogP contribution in [-0.4, -0.2) is 28.1 Å². The average molecular weight is 254 g/mol. The zero-order valence-electron chi connectivity index (χ0n) is 9.67. The first kappa shape index (κ1) is 12.6. The Labute approximate surface area is 103 Å². The first-order chi connectivity index (χ1) is 8.58. The normalized spacial score (nSPS) is 23.6. The molecule has 1 amide bonds. The van der Waals surface area contributed by atoms with Crippen molar-refractivity contribution in [3.8, 4) is 0 Å². The van der Waals surface area contributed by atoms with Crippen molar-refractivity contribution >= 4 is 11.8 Å². The van der Waals surface area contributed by atoms with Crippen molar-refractivity contribution in [2.75, 3.05) is 0 Å². The van der Waals surface area contributed by atoms with Gasteiger partial charge < -0.3 is 14.8 Å². The van der Waals surface area contributed by atoms with E-state index in [2.05, 4.69) is 5.32 Å². The van der Waals surface area contributed by atoms with E-state index in [0.717, 1.165) is 18.9 Å². The highest BCUT2D eigenvalue weighted by Crippen LogP contribution is 2.20. The number of nitro groups is 1. The minimum atomic E-state index is -0.702. The standard InChI is InChI=1S/C11H14N2O5/c14-8-4-2-1-3-7(8)12-11(15)9-5-6-10(18-9)13(16)17/h5-8,14H,1-4H2,(H,12,15)/t7-,8-/m1/s1. The number of amides is 1. The highest BCUT2D eigenvalue weighted by molar-refractivity contribution is 5.91. The molecule has 7 nitrogen and oxygen atoms in total. The molecule has 0 aromatic carbocycles. The molecule has 0 unspecified atom stereocenters. The monoisotopic (exact) mass is 254 g/mol. The summed E-state index contributed by atoms with van der Waals surface area (Å²) in [7, 11) is 0. The molecule has 18 heavy (non-hydrogen) atoms. The molecule has 1 heterocycles. The first-order valence-corrected chi connectivity index (χ1v) is 5.81. The predicted molar refractivity (Wildman–Crippen MR) is 61.1 cm³/mol. The summed E-state index contributed by atoms with van der Waals surface area (Å²) >= 11 is 0. The molecule has 2 N–H and O–H groups in total. The van der Waals surface area contributed by atoms with Crippen molar-refractivity contribution in [1.29, 1.82) is 0 Å². The third-order valence-corrected chi connectivity index (χ3v) is 3.04. The van der Waals surface area contributed by atoms with Gasteiger partial charge in [-0.15, -0.1) is 0 Å². The second-order valence-corrected chi connectivity index (χ2v) is 4.33. The Balaban J connectivity index is 2.00. The fourth-order valence-corrected chi connectivity index (χ4v) is 2.07. The van der Waals surface area contributed by atoms with Crippen LogP contribution in [0.4, 0.5) is 5.88 Å². The smallest absolute Gasteiger partial charge is 0.395 e. The maximum Gasteiger partial charge on any atom is 0.433 e. The van der Waals surface area contributed by atoms with Gasteiger partial charge in [-0.2, -0.15) is 0 Å². The molecular weight excluding hydrogens is 240 g/mol. The Morgan fingerprint density at radius 2 is 2.17 bits per heavy atom. The quantitative estimate of drug-likeness (QED) is 0.623. The van der Waals surface area contributed by atoms with Crippen LogP contribution in [0.5, 0.6) is 0 Å². The number of furan rings is 1. The minimum Gasteiger partial charge on any atom is -0.395 e. The van der Waals surface area contributed by atoms with Crippen LogP contribution >= 0.6 is 0 Å². The molecule has 1 aromatic heterocycles. The fourth-order valence-electron chi connectivity index (χ4n) is 2.07. The number of aliphatic hydroxyl groups excluding tert-OH is 1. The molecule has 1 saturated carbocycles. The summed E-state index contributed by atoms with van der Waals surface area (Å²) in [5.74, 6) is -1.11. The highest BCUT2D eigenvalue weighted by Gasteiger charge is 2.26. The third-order valence-electron chi connectivity index (χ3n) is 3.04. The van der Waals surface area contributed by atoms with Gasteiger partial charge in [-0.25, -0.2) is 0 Å². The Kier molecular flexibility index (Phi) is 3.61. The summed E-state index contributed by atoms with van der Waals surface area (Å²) in [4.78, 5) is 21.5. The van der Waals surface area contributed by atoms with E-state index in [1.54, 1.807) is 0 Å². The fraction of sp³-hybridized carbons (Fsp3) is 0.545. The highest BCUT2D eigenvalue weighted by atomic mass is 16.6. The van der Waals surface area contributed by atoms with E-state index >= 15 is 0 Å².